The highest BCUT2D eigenvalue weighted by Gasteiger charge is 2.11. The summed E-state index contributed by atoms with van der Waals surface area (Å²) in [5.41, 5.74) is 7.25. The number of nitrogens with zero attached hydrogens (tertiary/aromatic N) is 1. The van der Waals surface area contributed by atoms with Gasteiger partial charge < -0.3 is 9.55 Å². The Hall–Kier alpha value is -3.78. The molecule has 2 aromatic heterocycles. The van der Waals surface area contributed by atoms with Gasteiger partial charge in [0, 0.05) is 33.6 Å². The summed E-state index contributed by atoms with van der Waals surface area (Å²) in [6.07, 6.45) is 2.16. The zero-order chi connectivity index (χ0) is 18.5. The molecule has 0 aliphatic rings. The van der Waals surface area contributed by atoms with Gasteiger partial charge in [-0.2, -0.15) is 0 Å². The molecule has 4 aromatic carbocycles. The van der Waals surface area contributed by atoms with E-state index in [2.05, 4.69) is 113 Å². The van der Waals surface area contributed by atoms with Gasteiger partial charge in [0.25, 0.3) is 0 Å². The third-order valence-electron chi connectivity index (χ3n) is 5.60. The van der Waals surface area contributed by atoms with Crippen molar-refractivity contribution in [3.05, 3.63) is 103 Å². The number of hydrogen-bond donors (Lipinski definition) is 1. The summed E-state index contributed by atoms with van der Waals surface area (Å²) < 4.78 is 2.26. The smallest absolute Gasteiger partial charge is 0.0560 e. The maximum Gasteiger partial charge on any atom is 0.0560 e. The fourth-order valence-corrected chi connectivity index (χ4v) is 4.21. The second-order valence-electron chi connectivity index (χ2n) is 7.19. The Balaban J connectivity index is 1.50. The summed E-state index contributed by atoms with van der Waals surface area (Å²) in [6.45, 7) is 0. The first kappa shape index (κ1) is 15.3. The van der Waals surface area contributed by atoms with Crippen molar-refractivity contribution in [2.45, 2.75) is 0 Å². The van der Waals surface area contributed by atoms with E-state index in [0.717, 1.165) is 0 Å². The van der Waals surface area contributed by atoms with Gasteiger partial charge >= 0.3 is 0 Å². The molecular weight excluding hydrogens is 340 g/mol. The molecule has 28 heavy (non-hydrogen) atoms. The standard InChI is InChI=1S/C26H18N2/c1-2-6-18(7-3-1)19-10-12-20(13-11-19)28-17-16-23-25(28)15-14-22-21-8-4-5-9-24(21)27-26(22)23/h1-17,27H. The number of rotatable bonds is 2. The molecule has 0 saturated heterocycles. The van der Waals surface area contributed by atoms with Crippen molar-refractivity contribution in [1.29, 1.82) is 0 Å². The Morgan fingerprint density at radius 1 is 0.536 bits per heavy atom. The number of benzene rings is 4. The quantitative estimate of drug-likeness (QED) is 0.346. The van der Waals surface area contributed by atoms with Gasteiger partial charge in [-0.25, -0.2) is 0 Å². The van der Waals surface area contributed by atoms with Crippen molar-refractivity contribution in [3.8, 4) is 16.8 Å². The van der Waals surface area contributed by atoms with Crippen molar-refractivity contribution in [1.82, 2.24) is 9.55 Å². The fourth-order valence-electron chi connectivity index (χ4n) is 4.21. The van der Waals surface area contributed by atoms with Crippen LogP contribution in [0.1, 0.15) is 0 Å². The maximum absolute atomic E-state index is 3.60. The molecule has 0 radical (unpaired) electrons. The lowest BCUT2D eigenvalue weighted by atomic mass is 10.1. The van der Waals surface area contributed by atoms with Crippen LogP contribution in [0, 0.1) is 0 Å². The highest BCUT2D eigenvalue weighted by molar-refractivity contribution is 6.16. The summed E-state index contributed by atoms with van der Waals surface area (Å²) in [5.74, 6) is 0. The molecule has 0 saturated carbocycles. The van der Waals surface area contributed by atoms with Gasteiger partial charge in [0.1, 0.15) is 0 Å². The molecule has 2 nitrogen and oxygen atoms in total. The first-order valence-electron chi connectivity index (χ1n) is 9.55. The fraction of sp³-hybridized carbons (Fsp3) is 0. The summed E-state index contributed by atoms with van der Waals surface area (Å²) >= 11 is 0. The van der Waals surface area contributed by atoms with Crippen LogP contribution in [-0.4, -0.2) is 9.55 Å². The van der Waals surface area contributed by atoms with E-state index in [1.165, 1.54) is 49.5 Å². The zero-order valence-corrected chi connectivity index (χ0v) is 15.3. The highest BCUT2D eigenvalue weighted by Crippen LogP contribution is 2.33. The Bertz CT molecular complexity index is 1430. The first-order valence-corrected chi connectivity index (χ1v) is 9.55. The number of aromatic nitrogens is 2. The van der Waals surface area contributed by atoms with Crippen molar-refractivity contribution in [3.63, 3.8) is 0 Å². The van der Waals surface area contributed by atoms with Crippen molar-refractivity contribution >= 4 is 32.7 Å². The lowest BCUT2D eigenvalue weighted by Gasteiger charge is -2.08. The molecule has 0 atom stereocenters. The summed E-state index contributed by atoms with van der Waals surface area (Å²) in [7, 11) is 0. The van der Waals surface area contributed by atoms with Crippen LogP contribution in [0.25, 0.3) is 49.5 Å². The maximum atomic E-state index is 3.60. The van der Waals surface area contributed by atoms with Crippen molar-refractivity contribution in [2.75, 3.05) is 0 Å². The van der Waals surface area contributed by atoms with Gasteiger partial charge in [0.2, 0.25) is 0 Å². The molecule has 2 heteroatoms. The Labute approximate surface area is 162 Å². The van der Waals surface area contributed by atoms with Crippen LogP contribution in [0.15, 0.2) is 103 Å². The number of H-pyrrole nitrogens is 1. The van der Waals surface area contributed by atoms with Crippen LogP contribution in [0.5, 0.6) is 0 Å². The molecule has 6 aromatic rings. The average molecular weight is 358 g/mol. The predicted octanol–water partition coefficient (Wildman–Crippen LogP) is 6.93. The molecule has 132 valence electrons. The molecule has 0 aliphatic carbocycles. The molecule has 0 bridgehead atoms. The second kappa shape index (κ2) is 5.86. The van der Waals surface area contributed by atoms with E-state index in [-0.39, 0.29) is 0 Å². The van der Waals surface area contributed by atoms with Crippen LogP contribution in [-0.2, 0) is 0 Å². The average Bonchev–Trinajstić information content (AvgIpc) is 3.36. The van der Waals surface area contributed by atoms with Gasteiger partial charge in [-0.05, 0) is 41.5 Å². The molecule has 0 aliphatic heterocycles. The molecule has 2 heterocycles. The van der Waals surface area contributed by atoms with E-state index in [9.17, 15) is 0 Å². The summed E-state index contributed by atoms with van der Waals surface area (Å²) in [6, 6.07) is 34.4. The van der Waals surface area contributed by atoms with Crippen molar-refractivity contribution in [2.24, 2.45) is 0 Å². The number of para-hydroxylation sites is 1. The van der Waals surface area contributed by atoms with Gasteiger partial charge in [-0.1, -0.05) is 66.7 Å². The minimum absolute atomic E-state index is 1.17. The van der Waals surface area contributed by atoms with Crippen LogP contribution in [0.3, 0.4) is 0 Å². The Morgan fingerprint density at radius 2 is 1.29 bits per heavy atom. The molecule has 0 unspecified atom stereocenters. The van der Waals surface area contributed by atoms with Crippen molar-refractivity contribution < 1.29 is 0 Å². The lowest BCUT2D eigenvalue weighted by molar-refractivity contribution is 1.13. The van der Waals surface area contributed by atoms with E-state index in [1.807, 2.05) is 0 Å². The Morgan fingerprint density at radius 3 is 2.14 bits per heavy atom. The largest absolute Gasteiger partial charge is 0.354 e. The third-order valence-corrected chi connectivity index (χ3v) is 5.60. The van der Waals surface area contributed by atoms with E-state index in [1.54, 1.807) is 0 Å². The number of nitrogens with one attached hydrogen (secondary N) is 1. The Kier molecular flexibility index (Phi) is 3.20. The minimum atomic E-state index is 1.17. The molecule has 0 spiro atoms. The van der Waals surface area contributed by atoms with Gasteiger partial charge in [-0.3, -0.25) is 0 Å². The van der Waals surface area contributed by atoms with E-state index in [4.69, 9.17) is 0 Å². The van der Waals surface area contributed by atoms with E-state index in [0.29, 0.717) is 0 Å². The predicted molar refractivity (Wildman–Crippen MR) is 118 cm³/mol. The minimum Gasteiger partial charge on any atom is -0.354 e. The summed E-state index contributed by atoms with van der Waals surface area (Å²) in [5, 5.41) is 3.81. The van der Waals surface area contributed by atoms with Gasteiger partial charge in [-0.15, -0.1) is 0 Å². The summed E-state index contributed by atoms with van der Waals surface area (Å²) in [4.78, 5) is 3.60. The van der Waals surface area contributed by atoms with Crippen LogP contribution < -0.4 is 0 Å². The van der Waals surface area contributed by atoms with Crippen LogP contribution >= 0.6 is 0 Å². The zero-order valence-electron chi connectivity index (χ0n) is 15.3. The molecule has 6 rings (SSSR count). The molecule has 0 amide bonds. The normalized spacial score (nSPS) is 11.6. The van der Waals surface area contributed by atoms with Gasteiger partial charge in [0.05, 0.1) is 11.0 Å². The number of fused-ring (bicyclic) bond motifs is 5. The lowest BCUT2D eigenvalue weighted by Crippen LogP contribution is -1.91. The SMILES string of the molecule is c1ccc(-c2ccc(-n3ccc4c5[nH]c6ccccc6c5ccc43)cc2)cc1. The van der Waals surface area contributed by atoms with E-state index < -0.39 is 0 Å². The highest BCUT2D eigenvalue weighted by atomic mass is 15.0. The van der Waals surface area contributed by atoms with Crippen LogP contribution in [0.4, 0.5) is 0 Å². The number of hydrogen-bond acceptors (Lipinski definition) is 0. The third kappa shape index (κ3) is 2.21. The second-order valence-corrected chi connectivity index (χ2v) is 7.19. The molecular formula is C26H18N2. The molecule has 1 N–H and O–H groups in total. The first-order chi connectivity index (χ1) is 13.9. The van der Waals surface area contributed by atoms with Gasteiger partial charge in [0.15, 0.2) is 0 Å². The monoisotopic (exact) mass is 358 g/mol. The van der Waals surface area contributed by atoms with E-state index >= 15 is 0 Å². The topological polar surface area (TPSA) is 20.7 Å². The van der Waals surface area contributed by atoms with Crippen LogP contribution in [0.2, 0.25) is 0 Å². The molecule has 0 fully saturated rings. The number of aromatic amines is 1.